The Morgan fingerprint density at radius 3 is 2.21 bits per heavy atom. The molecule has 1 aliphatic carbocycles. The van der Waals surface area contributed by atoms with Crippen LogP contribution >= 0.6 is 0 Å². The first kappa shape index (κ1) is 14.2. The first-order valence-electron chi connectivity index (χ1n) is 7.67. The molecule has 3 aromatic rings. The molecule has 0 radical (unpaired) electrons. The van der Waals surface area contributed by atoms with E-state index < -0.39 is 5.91 Å². The van der Waals surface area contributed by atoms with Crippen LogP contribution in [0.5, 0.6) is 0 Å². The SMILES string of the molecule is NC(=O)c1ccc2c(c1)/C(=N\Nc1ccccc1)c1ccccc1-2. The monoisotopic (exact) mass is 313 g/mol. The van der Waals surface area contributed by atoms with E-state index in [0.29, 0.717) is 5.56 Å². The minimum Gasteiger partial charge on any atom is -0.366 e. The number of anilines is 1. The van der Waals surface area contributed by atoms with Gasteiger partial charge in [0, 0.05) is 16.7 Å². The summed E-state index contributed by atoms with van der Waals surface area (Å²) in [6.45, 7) is 0. The summed E-state index contributed by atoms with van der Waals surface area (Å²) in [4.78, 5) is 11.5. The lowest BCUT2D eigenvalue weighted by atomic mass is 10.0. The Kier molecular flexibility index (Phi) is 3.35. The zero-order valence-electron chi connectivity index (χ0n) is 12.9. The molecule has 1 amide bonds. The highest BCUT2D eigenvalue weighted by Gasteiger charge is 2.25. The van der Waals surface area contributed by atoms with Gasteiger partial charge >= 0.3 is 0 Å². The summed E-state index contributed by atoms with van der Waals surface area (Å²) in [5.74, 6) is -0.441. The second-order valence-corrected chi connectivity index (χ2v) is 5.61. The van der Waals surface area contributed by atoms with Crippen LogP contribution in [0.2, 0.25) is 0 Å². The Labute approximate surface area is 139 Å². The second kappa shape index (κ2) is 5.66. The molecule has 3 aromatic carbocycles. The molecular weight excluding hydrogens is 298 g/mol. The number of hydrogen-bond acceptors (Lipinski definition) is 3. The molecule has 0 bridgehead atoms. The van der Waals surface area contributed by atoms with Gasteiger partial charge in [-0.15, -0.1) is 0 Å². The van der Waals surface area contributed by atoms with Gasteiger partial charge in [-0.2, -0.15) is 5.10 Å². The number of nitrogens with two attached hydrogens (primary N) is 1. The lowest BCUT2D eigenvalue weighted by molar-refractivity contribution is 0.100. The smallest absolute Gasteiger partial charge is 0.248 e. The number of nitrogens with one attached hydrogen (secondary N) is 1. The van der Waals surface area contributed by atoms with E-state index in [1.54, 1.807) is 6.07 Å². The third-order valence-electron chi connectivity index (χ3n) is 4.10. The van der Waals surface area contributed by atoms with Crippen molar-refractivity contribution in [2.45, 2.75) is 0 Å². The van der Waals surface area contributed by atoms with Gasteiger partial charge < -0.3 is 5.73 Å². The van der Waals surface area contributed by atoms with E-state index in [4.69, 9.17) is 5.73 Å². The summed E-state index contributed by atoms with van der Waals surface area (Å²) in [7, 11) is 0. The van der Waals surface area contributed by atoms with Gasteiger partial charge in [0.05, 0.1) is 11.4 Å². The number of rotatable bonds is 3. The lowest BCUT2D eigenvalue weighted by Gasteiger charge is -2.05. The molecule has 0 saturated carbocycles. The van der Waals surface area contributed by atoms with E-state index in [9.17, 15) is 4.79 Å². The average Bonchev–Trinajstić information content (AvgIpc) is 2.94. The zero-order chi connectivity index (χ0) is 16.5. The van der Waals surface area contributed by atoms with E-state index in [1.165, 1.54) is 0 Å². The second-order valence-electron chi connectivity index (χ2n) is 5.61. The van der Waals surface area contributed by atoms with Crippen molar-refractivity contribution in [3.63, 3.8) is 0 Å². The van der Waals surface area contributed by atoms with Crippen molar-refractivity contribution in [2.75, 3.05) is 5.43 Å². The largest absolute Gasteiger partial charge is 0.366 e. The topological polar surface area (TPSA) is 67.5 Å². The van der Waals surface area contributed by atoms with Gasteiger partial charge in [0.1, 0.15) is 0 Å². The van der Waals surface area contributed by atoms with Crippen LogP contribution in [-0.4, -0.2) is 11.6 Å². The average molecular weight is 313 g/mol. The highest BCUT2D eigenvalue weighted by molar-refractivity contribution is 6.25. The van der Waals surface area contributed by atoms with Crippen LogP contribution < -0.4 is 11.2 Å². The van der Waals surface area contributed by atoms with Crippen LogP contribution in [0, 0.1) is 0 Å². The van der Waals surface area contributed by atoms with Crippen molar-refractivity contribution < 1.29 is 4.79 Å². The number of para-hydroxylation sites is 1. The van der Waals surface area contributed by atoms with Gasteiger partial charge in [0.2, 0.25) is 5.91 Å². The molecule has 0 atom stereocenters. The lowest BCUT2D eigenvalue weighted by Crippen LogP contribution is -2.12. The molecule has 0 aromatic heterocycles. The van der Waals surface area contributed by atoms with Gasteiger partial charge in [0.15, 0.2) is 0 Å². The quantitative estimate of drug-likeness (QED) is 0.567. The number of fused-ring (bicyclic) bond motifs is 3. The summed E-state index contributed by atoms with van der Waals surface area (Å²) >= 11 is 0. The Morgan fingerprint density at radius 1 is 0.792 bits per heavy atom. The molecule has 0 saturated heterocycles. The number of carbonyl (C=O) groups is 1. The zero-order valence-corrected chi connectivity index (χ0v) is 12.9. The number of amides is 1. The maximum atomic E-state index is 11.5. The predicted molar refractivity (Wildman–Crippen MR) is 96.1 cm³/mol. The molecule has 0 unspecified atom stereocenters. The fourth-order valence-corrected chi connectivity index (χ4v) is 2.95. The molecule has 0 heterocycles. The van der Waals surface area contributed by atoms with E-state index in [2.05, 4.69) is 16.6 Å². The molecule has 4 nitrogen and oxygen atoms in total. The number of hydrazone groups is 1. The number of hydrogen-bond donors (Lipinski definition) is 2. The Bertz CT molecular complexity index is 962. The summed E-state index contributed by atoms with van der Waals surface area (Å²) in [6, 6.07) is 23.3. The Morgan fingerprint density at radius 2 is 1.46 bits per heavy atom. The summed E-state index contributed by atoms with van der Waals surface area (Å²) < 4.78 is 0. The van der Waals surface area contributed by atoms with Gasteiger partial charge in [-0.1, -0.05) is 48.5 Å². The molecule has 116 valence electrons. The van der Waals surface area contributed by atoms with Crippen molar-refractivity contribution in [1.82, 2.24) is 0 Å². The minimum absolute atomic E-state index is 0.441. The molecule has 24 heavy (non-hydrogen) atoms. The number of carbonyl (C=O) groups excluding carboxylic acids is 1. The molecule has 1 aliphatic rings. The van der Waals surface area contributed by atoms with Crippen LogP contribution in [0.25, 0.3) is 11.1 Å². The van der Waals surface area contributed by atoms with Crippen LogP contribution in [0.4, 0.5) is 5.69 Å². The first-order valence-corrected chi connectivity index (χ1v) is 7.67. The molecule has 4 heteroatoms. The van der Waals surface area contributed by atoms with Crippen molar-refractivity contribution in [1.29, 1.82) is 0 Å². The minimum atomic E-state index is -0.441. The van der Waals surface area contributed by atoms with Gasteiger partial charge in [0.25, 0.3) is 0 Å². The van der Waals surface area contributed by atoms with Gasteiger partial charge in [-0.05, 0) is 35.4 Å². The highest BCUT2D eigenvalue weighted by Crippen LogP contribution is 2.37. The summed E-state index contributed by atoms with van der Waals surface area (Å²) in [5.41, 5.74) is 14.8. The van der Waals surface area contributed by atoms with Gasteiger partial charge in [-0.3, -0.25) is 10.2 Å². The van der Waals surface area contributed by atoms with Gasteiger partial charge in [-0.25, -0.2) is 0 Å². The molecule has 0 fully saturated rings. The van der Waals surface area contributed by atoms with E-state index >= 15 is 0 Å². The first-order chi connectivity index (χ1) is 11.7. The fraction of sp³-hybridized carbons (Fsp3) is 0. The van der Waals surface area contributed by atoms with E-state index in [1.807, 2.05) is 60.7 Å². The van der Waals surface area contributed by atoms with Crippen molar-refractivity contribution in [2.24, 2.45) is 10.8 Å². The third-order valence-corrected chi connectivity index (χ3v) is 4.10. The normalized spacial score (nSPS) is 13.4. The highest BCUT2D eigenvalue weighted by atomic mass is 16.1. The molecule has 4 rings (SSSR count). The van der Waals surface area contributed by atoms with Crippen LogP contribution in [0.1, 0.15) is 21.5 Å². The Balaban J connectivity index is 1.84. The van der Waals surface area contributed by atoms with Crippen LogP contribution in [0.3, 0.4) is 0 Å². The Hall–Kier alpha value is -3.40. The number of primary amides is 1. The van der Waals surface area contributed by atoms with Crippen molar-refractivity contribution >= 4 is 17.3 Å². The molecular formula is C20H15N3O. The third kappa shape index (κ3) is 2.34. The van der Waals surface area contributed by atoms with E-state index in [0.717, 1.165) is 33.7 Å². The fourth-order valence-electron chi connectivity index (χ4n) is 2.95. The number of benzene rings is 3. The van der Waals surface area contributed by atoms with Crippen molar-refractivity contribution in [3.05, 3.63) is 89.5 Å². The standard InChI is InChI=1S/C20H15N3O/c21-20(24)13-10-11-16-15-8-4-5-9-17(15)19(18(16)12-13)23-22-14-6-2-1-3-7-14/h1-12,22H,(H2,21,24)/b23-19-. The molecule has 3 N–H and O–H groups in total. The predicted octanol–water partition coefficient (Wildman–Crippen LogP) is 3.63. The summed E-state index contributed by atoms with van der Waals surface area (Å²) in [6.07, 6.45) is 0. The molecule has 0 aliphatic heterocycles. The van der Waals surface area contributed by atoms with Crippen LogP contribution in [-0.2, 0) is 0 Å². The molecule has 0 spiro atoms. The maximum absolute atomic E-state index is 11.5. The van der Waals surface area contributed by atoms with Crippen molar-refractivity contribution in [3.8, 4) is 11.1 Å². The maximum Gasteiger partial charge on any atom is 0.248 e. The van der Waals surface area contributed by atoms with E-state index in [-0.39, 0.29) is 0 Å². The summed E-state index contributed by atoms with van der Waals surface area (Å²) in [5, 5.41) is 4.59. The number of nitrogens with zero attached hydrogens (tertiary/aromatic N) is 1. The van der Waals surface area contributed by atoms with Crippen LogP contribution in [0.15, 0.2) is 77.9 Å².